The summed E-state index contributed by atoms with van der Waals surface area (Å²) in [5.74, 6) is 1.28. The van der Waals surface area contributed by atoms with E-state index in [4.69, 9.17) is 9.47 Å². The second kappa shape index (κ2) is 7.72. The quantitative estimate of drug-likeness (QED) is 0.658. The number of ether oxygens (including phenoxy) is 2. The van der Waals surface area contributed by atoms with Crippen LogP contribution in [0.15, 0.2) is 42.7 Å². The van der Waals surface area contributed by atoms with Gasteiger partial charge in [-0.1, -0.05) is 6.07 Å². The first-order valence-corrected chi connectivity index (χ1v) is 10.2. The summed E-state index contributed by atoms with van der Waals surface area (Å²) in [7, 11) is 1.66. The molecule has 0 aliphatic carbocycles. The Morgan fingerprint density at radius 1 is 0.967 bits per heavy atom. The van der Waals surface area contributed by atoms with Gasteiger partial charge in [0.2, 0.25) is 5.88 Å². The summed E-state index contributed by atoms with van der Waals surface area (Å²) >= 11 is 0. The van der Waals surface area contributed by atoms with E-state index < -0.39 is 0 Å². The lowest BCUT2D eigenvalue weighted by atomic mass is 9.81. The maximum atomic E-state index is 6.19. The lowest BCUT2D eigenvalue weighted by molar-refractivity contribution is 0.0524. The number of piperidine rings is 1. The minimum absolute atomic E-state index is 0.0177. The van der Waals surface area contributed by atoms with Crippen LogP contribution in [0.2, 0.25) is 0 Å². The van der Waals surface area contributed by atoms with Crippen LogP contribution in [0, 0.1) is 0 Å². The molecule has 4 rings (SSSR count). The summed E-state index contributed by atoms with van der Waals surface area (Å²) < 4.78 is 11.8. The third-order valence-electron chi connectivity index (χ3n) is 5.39. The molecule has 1 aliphatic rings. The Bertz CT molecular complexity index is 981. The molecule has 7 nitrogen and oxygen atoms in total. The molecule has 7 heteroatoms. The zero-order chi connectivity index (χ0) is 21.4. The Kier molecular flexibility index (Phi) is 5.24. The Morgan fingerprint density at radius 3 is 2.33 bits per heavy atom. The monoisotopic (exact) mass is 407 g/mol. The minimum Gasteiger partial charge on any atom is -0.496 e. The molecule has 0 bridgehead atoms. The van der Waals surface area contributed by atoms with Crippen LogP contribution in [0.1, 0.15) is 40.5 Å². The van der Waals surface area contributed by atoms with Gasteiger partial charge in [0.05, 0.1) is 19.0 Å². The Balaban J connectivity index is 1.52. The topological polar surface area (TPSA) is 85.0 Å². The van der Waals surface area contributed by atoms with E-state index in [1.165, 1.54) is 0 Å². The lowest BCUT2D eigenvalue weighted by Crippen LogP contribution is -2.60. The van der Waals surface area contributed by atoms with Crippen LogP contribution in [0.4, 0.5) is 0 Å². The van der Waals surface area contributed by atoms with Gasteiger partial charge in [-0.25, -0.2) is 0 Å². The van der Waals surface area contributed by atoms with Crippen molar-refractivity contribution in [2.45, 2.75) is 57.7 Å². The van der Waals surface area contributed by atoms with E-state index in [1.807, 2.05) is 36.5 Å². The van der Waals surface area contributed by atoms with Gasteiger partial charge in [-0.3, -0.25) is 5.10 Å². The molecule has 3 heterocycles. The zero-order valence-corrected chi connectivity index (χ0v) is 18.2. The third kappa shape index (κ3) is 4.46. The zero-order valence-electron chi connectivity index (χ0n) is 18.2. The Morgan fingerprint density at radius 2 is 1.73 bits per heavy atom. The fourth-order valence-corrected chi connectivity index (χ4v) is 4.50. The molecule has 0 unspecified atom stereocenters. The van der Waals surface area contributed by atoms with Crippen molar-refractivity contribution in [2.75, 3.05) is 7.11 Å². The highest BCUT2D eigenvalue weighted by Crippen LogP contribution is 2.34. The van der Waals surface area contributed by atoms with Crippen molar-refractivity contribution in [1.82, 2.24) is 25.7 Å². The molecule has 3 aromatic rings. The average molecular weight is 408 g/mol. The molecule has 0 atom stereocenters. The van der Waals surface area contributed by atoms with Crippen molar-refractivity contribution in [3.8, 4) is 34.0 Å². The fraction of sp³-hybridized carbons (Fsp3) is 0.435. The van der Waals surface area contributed by atoms with Gasteiger partial charge in [-0.15, -0.1) is 10.2 Å². The molecule has 0 spiro atoms. The van der Waals surface area contributed by atoms with Gasteiger partial charge < -0.3 is 14.8 Å². The predicted octanol–water partition coefficient (Wildman–Crippen LogP) is 4.23. The first kappa shape index (κ1) is 20.3. The molecule has 158 valence electrons. The molecule has 0 saturated carbocycles. The standard InChI is InChI=1S/C23H29N5O2/c1-22(2)11-17(12-23(3,4)28-22)30-21-9-8-19(26-27-21)18-7-6-15(10-20(18)29-5)16-13-24-25-14-16/h6-10,13-14,17,28H,11-12H2,1-5H3,(H,24,25). The smallest absolute Gasteiger partial charge is 0.233 e. The second-order valence-corrected chi connectivity index (χ2v) is 9.20. The van der Waals surface area contributed by atoms with Crippen LogP contribution in [0.3, 0.4) is 0 Å². The van der Waals surface area contributed by atoms with Crippen LogP contribution in [0.25, 0.3) is 22.4 Å². The van der Waals surface area contributed by atoms with E-state index >= 15 is 0 Å². The van der Waals surface area contributed by atoms with Crippen LogP contribution < -0.4 is 14.8 Å². The van der Waals surface area contributed by atoms with Gasteiger partial charge in [0.1, 0.15) is 11.9 Å². The first-order chi connectivity index (χ1) is 14.2. The number of nitrogens with one attached hydrogen (secondary N) is 2. The number of hydrogen-bond donors (Lipinski definition) is 2. The third-order valence-corrected chi connectivity index (χ3v) is 5.39. The second-order valence-electron chi connectivity index (χ2n) is 9.20. The highest BCUT2D eigenvalue weighted by molar-refractivity contribution is 5.74. The Hall–Kier alpha value is -2.93. The van der Waals surface area contributed by atoms with Crippen molar-refractivity contribution < 1.29 is 9.47 Å². The van der Waals surface area contributed by atoms with Gasteiger partial charge in [-0.2, -0.15) is 5.10 Å². The maximum absolute atomic E-state index is 6.19. The summed E-state index contributed by atoms with van der Waals surface area (Å²) in [5, 5.41) is 19.2. The van der Waals surface area contributed by atoms with Gasteiger partial charge in [-0.05, 0) is 51.5 Å². The molecule has 2 aromatic heterocycles. The molecule has 1 fully saturated rings. The number of aromatic nitrogens is 4. The van der Waals surface area contributed by atoms with Crippen molar-refractivity contribution in [1.29, 1.82) is 0 Å². The highest BCUT2D eigenvalue weighted by Gasteiger charge is 2.38. The molecule has 2 N–H and O–H groups in total. The van der Waals surface area contributed by atoms with Gasteiger partial charge in [0.25, 0.3) is 0 Å². The highest BCUT2D eigenvalue weighted by atomic mass is 16.5. The van der Waals surface area contributed by atoms with Gasteiger partial charge in [0.15, 0.2) is 0 Å². The molecular formula is C23H29N5O2. The van der Waals surface area contributed by atoms with Gasteiger partial charge >= 0.3 is 0 Å². The maximum Gasteiger partial charge on any atom is 0.233 e. The lowest BCUT2D eigenvalue weighted by Gasteiger charge is -2.46. The van der Waals surface area contributed by atoms with E-state index in [2.05, 4.69) is 53.4 Å². The summed E-state index contributed by atoms with van der Waals surface area (Å²) in [4.78, 5) is 0. The fourth-order valence-electron chi connectivity index (χ4n) is 4.50. The molecule has 1 aromatic carbocycles. The van der Waals surface area contributed by atoms with E-state index in [1.54, 1.807) is 13.3 Å². The van der Waals surface area contributed by atoms with Crippen LogP contribution in [-0.2, 0) is 0 Å². The summed E-state index contributed by atoms with van der Waals surface area (Å²) in [5.41, 5.74) is 3.68. The average Bonchev–Trinajstić information content (AvgIpc) is 3.20. The number of nitrogens with zero attached hydrogens (tertiary/aromatic N) is 3. The summed E-state index contributed by atoms with van der Waals surface area (Å²) in [6, 6.07) is 9.80. The van der Waals surface area contributed by atoms with Crippen molar-refractivity contribution in [3.63, 3.8) is 0 Å². The van der Waals surface area contributed by atoms with Gasteiger partial charge in [0, 0.05) is 47.3 Å². The molecule has 1 aliphatic heterocycles. The number of rotatable bonds is 5. The largest absolute Gasteiger partial charge is 0.496 e. The molecule has 0 radical (unpaired) electrons. The molecule has 30 heavy (non-hydrogen) atoms. The number of methoxy groups -OCH3 is 1. The number of hydrogen-bond acceptors (Lipinski definition) is 6. The van der Waals surface area contributed by atoms with Crippen LogP contribution >= 0.6 is 0 Å². The SMILES string of the molecule is COc1cc(-c2cn[nH]c2)ccc1-c1ccc(OC2CC(C)(C)NC(C)(C)C2)nn1. The van der Waals surface area contributed by atoms with Crippen LogP contribution in [0.5, 0.6) is 11.6 Å². The number of H-pyrrole nitrogens is 1. The Labute approximate surface area is 177 Å². The summed E-state index contributed by atoms with van der Waals surface area (Å²) in [6.07, 6.45) is 5.57. The van der Waals surface area contributed by atoms with Crippen molar-refractivity contribution >= 4 is 0 Å². The summed E-state index contributed by atoms with van der Waals surface area (Å²) in [6.45, 7) is 8.83. The number of benzene rings is 1. The van der Waals surface area contributed by atoms with Crippen molar-refractivity contribution in [2.24, 2.45) is 0 Å². The molecule has 1 saturated heterocycles. The van der Waals surface area contributed by atoms with E-state index in [0.29, 0.717) is 5.88 Å². The van der Waals surface area contributed by atoms with E-state index in [9.17, 15) is 0 Å². The van der Waals surface area contributed by atoms with Crippen LogP contribution in [-0.4, -0.2) is 44.7 Å². The number of aromatic amines is 1. The molecule has 0 amide bonds. The normalized spacial score (nSPS) is 18.2. The van der Waals surface area contributed by atoms with E-state index in [0.717, 1.165) is 41.0 Å². The molecular weight excluding hydrogens is 378 g/mol. The van der Waals surface area contributed by atoms with E-state index in [-0.39, 0.29) is 17.2 Å². The predicted molar refractivity (Wildman–Crippen MR) is 117 cm³/mol. The first-order valence-electron chi connectivity index (χ1n) is 10.2. The minimum atomic E-state index is 0.0177. The van der Waals surface area contributed by atoms with Crippen molar-refractivity contribution in [3.05, 3.63) is 42.7 Å².